The van der Waals surface area contributed by atoms with E-state index in [1.165, 1.54) is 11.0 Å². The quantitative estimate of drug-likeness (QED) is 0.606. The highest BCUT2D eigenvalue weighted by atomic mass is 35.5. The molecule has 0 radical (unpaired) electrons. The maximum absolute atomic E-state index is 12.6. The number of rotatable bonds is 5. The molecule has 1 heterocycles. The first-order valence-corrected chi connectivity index (χ1v) is 8.84. The van der Waals surface area contributed by atoms with Gasteiger partial charge < -0.3 is 15.2 Å². The predicted octanol–water partition coefficient (Wildman–Crippen LogP) is 3.03. The second kappa shape index (κ2) is 7.78. The smallest absolute Gasteiger partial charge is 0.341 e. The van der Waals surface area contributed by atoms with Crippen molar-refractivity contribution in [2.24, 2.45) is 0 Å². The number of nitrogens with one attached hydrogen (secondary N) is 1. The van der Waals surface area contributed by atoms with E-state index in [0.29, 0.717) is 5.56 Å². The Morgan fingerprint density at radius 3 is 2.69 bits per heavy atom. The van der Waals surface area contributed by atoms with Crippen LogP contribution in [-0.4, -0.2) is 40.6 Å². The Kier molecular flexibility index (Phi) is 5.46. The minimum Gasteiger partial charge on any atom is -0.480 e. The number of ether oxygens (including phenoxy) is 1. The van der Waals surface area contributed by atoms with Gasteiger partial charge in [-0.3, -0.25) is 9.69 Å². The van der Waals surface area contributed by atoms with Crippen LogP contribution >= 0.6 is 11.6 Å². The van der Waals surface area contributed by atoms with Gasteiger partial charge in [-0.05, 0) is 36.6 Å². The molecule has 0 aromatic heterocycles. The first kappa shape index (κ1) is 18.3. The molecule has 2 fully saturated rings. The lowest BCUT2D eigenvalue weighted by molar-refractivity contribution is -0.139. The molecule has 26 heavy (non-hydrogen) atoms. The van der Waals surface area contributed by atoms with Gasteiger partial charge in [0.1, 0.15) is 11.4 Å². The number of hydrogen-bond donors (Lipinski definition) is 2. The van der Waals surface area contributed by atoms with E-state index in [1.807, 2.05) is 0 Å². The predicted molar refractivity (Wildman–Crippen MR) is 94.8 cm³/mol. The maximum atomic E-state index is 12.6. The van der Waals surface area contributed by atoms with Crippen molar-refractivity contribution in [2.75, 3.05) is 6.61 Å². The molecule has 1 aromatic rings. The lowest BCUT2D eigenvalue weighted by Gasteiger charge is -2.28. The summed E-state index contributed by atoms with van der Waals surface area (Å²) in [7, 11) is 0. The highest BCUT2D eigenvalue weighted by Gasteiger charge is 2.38. The highest BCUT2D eigenvalue weighted by Crippen LogP contribution is 2.29. The molecule has 3 rings (SSSR count). The number of nitrogens with zero attached hydrogens (tertiary/aromatic N) is 1. The van der Waals surface area contributed by atoms with Crippen LogP contribution < -0.4 is 10.1 Å². The minimum atomic E-state index is -1.10. The van der Waals surface area contributed by atoms with E-state index < -0.39 is 12.6 Å². The van der Waals surface area contributed by atoms with Gasteiger partial charge in [0.05, 0.1) is 5.02 Å². The molecule has 0 bridgehead atoms. The van der Waals surface area contributed by atoms with Crippen molar-refractivity contribution in [1.29, 1.82) is 0 Å². The zero-order valence-corrected chi connectivity index (χ0v) is 14.8. The Bertz CT molecular complexity index is 771. The lowest BCUT2D eigenvalue weighted by Crippen LogP contribution is -2.41. The summed E-state index contributed by atoms with van der Waals surface area (Å²) < 4.78 is 5.06. The largest absolute Gasteiger partial charge is 0.480 e. The van der Waals surface area contributed by atoms with Crippen molar-refractivity contribution in [2.45, 2.75) is 38.1 Å². The van der Waals surface area contributed by atoms with Crippen LogP contribution in [0, 0.1) is 0 Å². The Morgan fingerprint density at radius 1 is 1.31 bits per heavy atom. The van der Waals surface area contributed by atoms with Crippen molar-refractivity contribution < 1.29 is 24.2 Å². The van der Waals surface area contributed by atoms with Gasteiger partial charge in [0.2, 0.25) is 0 Å². The summed E-state index contributed by atoms with van der Waals surface area (Å²) in [5.41, 5.74) is 0.808. The monoisotopic (exact) mass is 378 g/mol. The summed E-state index contributed by atoms with van der Waals surface area (Å²) in [5.74, 6) is -1.19. The molecule has 0 atom stereocenters. The van der Waals surface area contributed by atoms with Crippen LogP contribution in [0.1, 0.15) is 37.7 Å². The Labute approximate surface area is 155 Å². The summed E-state index contributed by atoms with van der Waals surface area (Å²) in [6.45, 7) is -0.495. The van der Waals surface area contributed by atoms with Crippen molar-refractivity contribution in [1.82, 2.24) is 10.2 Å². The van der Waals surface area contributed by atoms with Crippen LogP contribution in [0.2, 0.25) is 5.02 Å². The van der Waals surface area contributed by atoms with Crippen LogP contribution in [0.15, 0.2) is 23.9 Å². The SMILES string of the molecule is O=C(O)COc1ccc(/C=C2\NC(=O)N(C3CCCCC3)C2=O)cc1Cl. The van der Waals surface area contributed by atoms with Gasteiger partial charge in [-0.25, -0.2) is 9.59 Å². The average Bonchev–Trinajstić information content (AvgIpc) is 2.88. The number of carbonyl (C=O) groups is 3. The third-order valence-electron chi connectivity index (χ3n) is 4.47. The number of urea groups is 1. The number of halogens is 1. The second-order valence-electron chi connectivity index (χ2n) is 6.33. The Balaban J connectivity index is 1.75. The molecule has 1 saturated heterocycles. The van der Waals surface area contributed by atoms with Gasteiger partial charge in [0.15, 0.2) is 6.61 Å². The summed E-state index contributed by atoms with van der Waals surface area (Å²) in [6.07, 6.45) is 6.41. The summed E-state index contributed by atoms with van der Waals surface area (Å²) >= 11 is 6.08. The highest BCUT2D eigenvalue weighted by molar-refractivity contribution is 6.32. The molecule has 1 aliphatic carbocycles. The van der Waals surface area contributed by atoms with Gasteiger partial charge in [0, 0.05) is 6.04 Å². The summed E-state index contributed by atoms with van der Waals surface area (Å²) in [4.78, 5) is 36.7. The Morgan fingerprint density at radius 2 is 2.04 bits per heavy atom. The number of benzene rings is 1. The molecule has 1 aromatic carbocycles. The van der Waals surface area contributed by atoms with Crippen LogP contribution in [0.5, 0.6) is 5.75 Å². The van der Waals surface area contributed by atoms with Crippen molar-refractivity contribution in [3.63, 3.8) is 0 Å². The van der Waals surface area contributed by atoms with E-state index >= 15 is 0 Å². The van der Waals surface area contributed by atoms with E-state index in [0.717, 1.165) is 32.1 Å². The third kappa shape index (κ3) is 3.99. The standard InChI is InChI=1S/C18H19ClN2O5/c19-13-8-11(6-7-15(13)26-10-16(22)23)9-14-17(24)21(18(25)20-14)12-4-2-1-3-5-12/h6-9,12H,1-5,10H2,(H,20,25)(H,22,23)/b14-9-. The van der Waals surface area contributed by atoms with Gasteiger partial charge in [-0.2, -0.15) is 0 Å². The van der Waals surface area contributed by atoms with Crippen molar-refractivity contribution in [3.05, 3.63) is 34.5 Å². The van der Waals surface area contributed by atoms with E-state index in [4.69, 9.17) is 21.4 Å². The molecular weight excluding hydrogens is 360 g/mol. The molecule has 0 spiro atoms. The zero-order valence-electron chi connectivity index (χ0n) is 14.0. The summed E-state index contributed by atoms with van der Waals surface area (Å²) in [5, 5.41) is 11.5. The fraction of sp³-hybridized carbons (Fsp3) is 0.389. The van der Waals surface area contributed by atoms with Gasteiger partial charge >= 0.3 is 12.0 Å². The molecule has 1 aliphatic heterocycles. The number of carbonyl (C=O) groups excluding carboxylic acids is 2. The first-order chi connectivity index (χ1) is 12.5. The van der Waals surface area contributed by atoms with Gasteiger partial charge in [-0.1, -0.05) is 36.9 Å². The Hall–Kier alpha value is -2.54. The molecule has 3 amide bonds. The number of amides is 3. The van der Waals surface area contributed by atoms with E-state index in [-0.39, 0.29) is 34.4 Å². The normalized spacial score (nSPS) is 19.7. The van der Waals surface area contributed by atoms with E-state index in [2.05, 4.69) is 5.32 Å². The number of hydrogen-bond acceptors (Lipinski definition) is 4. The number of carboxylic acid groups (broad SMARTS) is 1. The number of imide groups is 1. The molecule has 0 unspecified atom stereocenters. The van der Waals surface area contributed by atoms with E-state index in [1.54, 1.807) is 18.2 Å². The fourth-order valence-electron chi connectivity index (χ4n) is 3.25. The number of aliphatic carboxylic acids is 1. The number of carboxylic acids is 1. The van der Waals surface area contributed by atoms with Crippen LogP contribution in [0.25, 0.3) is 6.08 Å². The summed E-state index contributed by atoms with van der Waals surface area (Å²) in [6, 6.07) is 4.28. The fourth-order valence-corrected chi connectivity index (χ4v) is 3.49. The van der Waals surface area contributed by atoms with Crippen LogP contribution in [0.4, 0.5) is 4.79 Å². The third-order valence-corrected chi connectivity index (χ3v) is 4.76. The first-order valence-electron chi connectivity index (χ1n) is 8.46. The average molecular weight is 379 g/mol. The van der Waals surface area contributed by atoms with Crippen LogP contribution in [-0.2, 0) is 9.59 Å². The van der Waals surface area contributed by atoms with Crippen molar-refractivity contribution >= 4 is 35.6 Å². The molecule has 138 valence electrons. The molecule has 2 N–H and O–H groups in total. The topological polar surface area (TPSA) is 95.9 Å². The minimum absolute atomic E-state index is 0.0440. The van der Waals surface area contributed by atoms with Gasteiger partial charge in [0.25, 0.3) is 5.91 Å². The molecule has 7 nitrogen and oxygen atoms in total. The molecular formula is C18H19ClN2O5. The van der Waals surface area contributed by atoms with Crippen molar-refractivity contribution in [3.8, 4) is 5.75 Å². The van der Waals surface area contributed by atoms with Crippen LogP contribution in [0.3, 0.4) is 0 Å². The molecule has 1 saturated carbocycles. The zero-order chi connectivity index (χ0) is 18.7. The molecule has 8 heteroatoms. The van der Waals surface area contributed by atoms with Gasteiger partial charge in [-0.15, -0.1) is 0 Å². The lowest BCUT2D eigenvalue weighted by atomic mass is 9.94. The second-order valence-corrected chi connectivity index (χ2v) is 6.73. The van der Waals surface area contributed by atoms with E-state index in [9.17, 15) is 14.4 Å². The molecule has 2 aliphatic rings. The maximum Gasteiger partial charge on any atom is 0.341 e.